The lowest BCUT2D eigenvalue weighted by Gasteiger charge is -2.08. The van der Waals surface area contributed by atoms with Crippen molar-refractivity contribution in [2.75, 3.05) is 14.2 Å². The van der Waals surface area contributed by atoms with Gasteiger partial charge in [-0.1, -0.05) is 30.3 Å². The molecular formula is C11H13NO2. The van der Waals surface area contributed by atoms with Crippen molar-refractivity contribution in [2.45, 2.75) is 0 Å². The van der Waals surface area contributed by atoms with E-state index in [1.807, 2.05) is 18.2 Å². The summed E-state index contributed by atoms with van der Waals surface area (Å²) in [7, 11) is 3.26. The minimum atomic E-state index is -0.0329. The van der Waals surface area contributed by atoms with Crippen molar-refractivity contribution in [1.82, 2.24) is 5.06 Å². The molecule has 74 valence electrons. The van der Waals surface area contributed by atoms with E-state index in [0.29, 0.717) is 5.56 Å². The minimum absolute atomic E-state index is 0.0329. The third-order valence-electron chi connectivity index (χ3n) is 1.78. The van der Waals surface area contributed by atoms with Crippen molar-refractivity contribution >= 4 is 5.78 Å². The first-order valence-corrected chi connectivity index (χ1v) is 4.28. The molecule has 0 aromatic heterocycles. The van der Waals surface area contributed by atoms with Crippen LogP contribution in [0.15, 0.2) is 42.6 Å². The van der Waals surface area contributed by atoms with Crippen LogP contribution in [0.2, 0.25) is 0 Å². The predicted molar refractivity (Wildman–Crippen MR) is 54.7 cm³/mol. The molecule has 3 heteroatoms. The van der Waals surface area contributed by atoms with Crippen LogP contribution in [0.25, 0.3) is 0 Å². The maximum absolute atomic E-state index is 11.5. The molecule has 0 spiro atoms. The van der Waals surface area contributed by atoms with Crippen LogP contribution >= 0.6 is 0 Å². The van der Waals surface area contributed by atoms with Crippen LogP contribution in [-0.4, -0.2) is 25.0 Å². The quantitative estimate of drug-likeness (QED) is 0.413. The fourth-order valence-corrected chi connectivity index (χ4v) is 0.932. The van der Waals surface area contributed by atoms with Gasteiger partial charge in [0, 0.05) is 24.9 Å². The van der Waals surface area contributed by atoms with Gasteiger partial charge in [0.05, 0.1) is 7.11 Å². The summed E-state index contributed by atoms with van der Waals surface area (Å²) in [5.74, 6) is -0.0329. The van der Waals surface area contributed by atoms with E-state index in [4.69, 9.17) is 4.84 Å². The Bertz CT molecular complexity index is 319. The van der Waals surface area contributed by atoms with Crippen LogP contribution in [0.1, 0.15) is 10.4 Å². The summed E-state index contributed by atoms with van der Waals surface area (Å²) in [6.45, 7) is 0. The van der Waals surface area contributed by atoms with Gasteiger partial charge in [0.1, 0.15) is 0 Å². The fraction of sp³-hybridized carbons (Fsp3) is 0.182. The van der Waals surface area contributed by atoms with Gasteiger partial charge in [0.25, 0.3) is 0 Å². The zero-order valence-electron chi connectivity index (χ0n) is 8.31. The van der Waals surface area contributed by atoms with Crippen LogP contribution in [0, 0.1) is 0 Å². The highest BCUT2D eigenvalue weighted by atomic mass is 16.7. The molecule has 0 radical (unpaired) electrons. The monoisotopic (exact) mass is 191 g/mol. The summed E-state index contributed by atoms with van der Waals surface area (Å²) in [6.07, 6.45) is 3.05. The summed E-state index contributed by atoms with van der Waals surface area (Å²) in [4.78, 5) is 16.3. The zero-order valence-corrected chi connectivity index (χ0v) is 8.31. The SMILES string of the molecule is CON(C)/C=C/C(=O)c1ccccc1. The summed E-state index contributed by atoms with van der Waals surface area (Å²) >= 11 is 0. The van der Waals surface area contributed by atoms with Gasteiger partial charge in [0.15, 0.2) is 5.78 Å². The van der Waals surface area contributed by atoms with Gasteiger partial charge < -0.3 is 0 Å². The highest BCUT2D eigenvalue weighted by Gasteiger charge is 1.99. The molecule has 0 bridgehead atoms. The van der Waals surface area contributed by atoms with Gasteiger partial charge in [0.2, 0.25) is 0 Å². The molecule has 0 amide bonds. The van der Waals surface area contributed by atoms with Crippen molar-refractivity contribution in [1.29, 1.82) is 0 Å². The smallest absolute Gasteiger partial charge is 0.187 e. The molecule has 0 saturated heterocycles. The maximum Gasteiger partial charge on any atom is 0.187 e. The van der Waals surface area contributed by atoms with Gasteiger partial charge in [-0.3, -0.25) is 14.7 Å². The van der Waals surface area contributed by atoms with E-state index >= 15 is 0 Å². The van der Waals surface area contributed by atoms with Crippen LogP contribution < -0.4 is 0 Å². The van der Waals surface area contributed by atoms with E-state index in [9.17, 15) is 4.79 Å². The highest BCUT2D eigenvalue weighted by molar-refractivity contribution is 6.04. The van der Waals surface area contributed by atoms with Crippen LogP contribution in [0.4, 0.5) is 0 Å². The lowest BCUT2D eigenvalue weighted by atomic mass is 10.1. The fourth-order valence-electron chi connectivity index (χ4n) is 0.932. The molecular weight excluding hydrogens is 178 g/mol. The molecule has 0 atom stereocenters. The second-order valence-electron chi connectivity index (χ2n) is 2.77. The second-order valence-corrected chi connectivity index (χ2v) is 2.77. The number of rotatable bonds is 4. The number of allylic oxidation sites excluding steroid dienone is 1. The first-order valence-electron chi connectivity index (χ1n) is 4.28. The molecule has 3 nitrogen and oxygen atoms in total. The van der Waals surface area contributed by atoms with E-state index in [-0.39, 0.29) is 5.78 Å². The topological polar surface area (TPSA) is 29.5 Å². The number of benzene rings is 1. The van der Waals surface area contributed by atoms with E-state index in [1.165, 1.54) is 18.2 Å². The van der Waals surface area contributed by atoms with Crippen molar-refractivity contribution in [3.63, 3.8) is 0 Å². The number of ketones is 1. The average Bonchev–Trinajstić information content (AvgIpc) is 2.26. The van der Waals surface area contributed by atoms with Gasteiger partial charge in [-0.25, -0.2) is 0 Å². The second kappa shape index (κ2) is 5.19. The average molecular weight is 191 g/mol. The predicted octanol–water partition coefficient (Wildman–Crippen LogP) is 1.88. The van der Waals surface area contributed by atoms with Gasteiger partial charge in [-0.2, -0.15) is 0 Å². The third-order valence-corrected chi connectivity index (χ3v) is 1.78. The summed E-state index contributed by atoms with van der Waals surface area (Å²) in [5.41, 5.74) is 0.674. The van der Waals surface area contributed by atoms with Crippen molar-refractivity contribution in [3.05, 3.63) is 48.2 Å². The molecule has 0 N–H and O–H groups in total. The number of hydrogen-bond acceptors (Lipinski definition) is 3. The largest absolute Gasteiger partial charge is 0.289 e. The lowest BCUT2D eigenvalue weighted by Crippen LogP contribution is -2.08. The molecule has 1 aromatic carbocycles. The Hall–Kier alpha value is -1.61. The van der Waals surface area contributed by atoms with Gasteiger partial charge in [-0.15, -0.1) is 0 Å². The number of hydrogen-bond donors (Lipinski definition) is 0. The molecule has 0 saturated carbocycles. The first-order chi connectivity index (χ1) is 6.74. The lowest BCUT2D eigenvalue weighted by molar-refractivity contribution is -0.0645. The standard InChI is InChI=1S/C11H13NO2/c1-12(14-2)9-8-11(13)10-6-4-3-5-7-10/h3-9H,1-2H3/b9-8+. The third kappa shape index (κ3) is 3.03. The summed E-state index contributed by atoms with van der Waals surface area (Å²) < 4.78 is 0. The van der Waals surface area contributed by atoms with Gasteiger partial charge >= 0.3 is 0 Å². The van der Waals surface area contributed by atoms with Crippen LogP contribution in [0.5, 0.6) is 0 Å². The molecule has 1 aromatic rings. The number of hydroxylamine groups is 2. The summed E-state index contributed by atoms with van der Waals surface area (Å²) in [6, 6.07) is 9.10. The molecule has 0 aliphatic heterocycles. The van der Waals surface area contributed by atoms with Crippen LogP contribution in [-0.2, 0) is 4.84 Å². The number of carbonyl (C=O) groups is 1. The zero-order chi connectivity index (χ0) is 10.4. The van der Waals surface area contributed by atoms with Gasteiger partial charge in [-0.05, 0) is 0 Å². The van der Waals surface area contributed by atoms with E-state index < -0.39 is 0 Å². The molecule has 14 heavy (non-hydrogen) atoms. The van der Waals surface area contributed by atoms with Crippen molar-refractivity contribution < 1.29 is 9.63 Å². The molecule has 0 aliphatic rings. The number of carbonyl (C=O) groups excluding carboxylic acids is 1. The Morgan fingerprint density at radius 3 is 2.57 bits per heavy atom. The molecule has 0 fully saturated rings. The molecule has 0 unspecified atom stereocenters. The first kappa shape index (κ1) is 10.5. The Morgan fingerprint density at radius 2 is 2.00 bits per heavy atom. The van der Waals surface area contributed by atoms with E-state index in [0.717, 1.165) is 0 Å². The molecule has 0 heterocycles. The Kier molecular flexibility index (Phi) is 3.88. The van der Waals surface area contributed by atoms with Crippen LogP contribution in [0.3, 0.4) is 0 Å². The summed E-state index contributed by atoms with van der Waals surface area (Å²) in [5, 5.41) is 1.46. The molecule has 1 rings (SSSR count). The van der Waals surface area contributed by atoms with E-state index in [1.54, 1.807) is 25.4 Å². The van der Waals surface area contributed by atoms with E-state index in [2.05, 4.69) is 0 Å². The Labute approximate surface area is 83.6 Å². The number of nitrogens with zero attached hydrogens (tertiary/aromatic N) is 1. The normalized spacial score (nSPS) is 10.4. The maximum atomic E-state index is 11.5. The molecule has 0 aliphatic carbocycles. The van der Waals surface area contributed by atoms with Crippen molar-refractivity contribution in [3.8, 4) is 0 Å². The Morgan fingerprint density at radius 1 is 1.36 bits per heavy atom. The van der Waals surface area contributed by atoms with Crippen molar-refractivity contribution in [2.24, 2.45) is 0 Å². The highest BCUT2D eigenvalue weighted by Crippen LogP contribution is 2.00. The Balaban J connectivity index is 2.64. The minimum Gasteiger partial charge on any atom is -0.289 e.